The molecule has 3 nitrogen and oxygen atoms in total. The Bertz CT molecular complexity index is 758. The molecule has 2 aromatic carbocycles. The Morgan fingerprint density at radius 1 is 1.17 bits per heavy atom. The Hall–Kier alpha value is -2.17. The molecule has 0 bridgehead atoms. The van der Waals surface area contributed by atoms with E-state index in [0.29, 0.717) is 30.1 Å². The van der Waals surface area contributed by atoms with Crippen LogP contribution >= 0.6 is 11.6 Å². The SMILES string of the molecule is O=C(Nc1ccc(Cl)cc1)C1=CCN(Cc2ccccc2F)CC1. The molecule has 3 rings (SSSR count). The van der Waals surface area contributed by atoms with Crippen molar-refractivity contribution >= 4 is 23.2 Å². The minimum Gasteiger partial charge on any atom is -0.322 e. The maximum Gasteiger partial charge on any atom is 0.251 e. The van der Waals surface area contributed by atoms with Gasteiger partial charge in [0.1, 0.15) is 5.82 Å². The van der Waals surface area contributed by atoms with Crippen LogP contribution in [-0.2, 0) is 11.3 Å². The normalized spacial score (nSPS) is 15.0. The van der Waals surface area contributed by atoms with Crippen LogP contribution in [0.3, 0.4) is 0 Å². The molecule has 1 heterocycles. The summed E-state index contributed by atoms with van der Waals surface area (Å²) >= 11 is 5.83. The van der Waals surface area contributed by atoms with Crippen LogP contribution in [0.15, 0.2) is 60.2 Å². The van der Waals surface area contributed by atoms with Crippen molar-refractivity contribution in [2.24, 2.45) is 0 Å². The standard InChI is InChI=1S/C19H18ClFN2O/c20-16-5-7-17(8-6-16)22-19(24)14-9-11-23(12-10-14)13-15-3-1-2-4-18(15)21/h1-9H,10-13H2,(H,22,24). The Labute approximate surface area is 145 Å². The molecule has 0 aliphatic carbocycles. The lowest BCUT2D eigenvalue weighted by atomic mass is 10.1. The molecule has 1 N–H and O–H groups in total. The zero-order chi connectivity index (χ0) is 16.9. The molecule has 1 aliphatic heterocycles. The van der Waals surface area contributed by atoms with E-state index in [1.165, 1.54) is 6.07 Å². The van der Waals surface area contributed by atoms with Crippen molar-refractivity contribution in [3.63, 3.8) is 0 Å². The summed E-state index contributed by atoms with van der Waals surface area (Å²) in [5.74, 6) is -0.282. The monoisotopic (exact) mass is 344 g/mol. The fourth-order valence-electron chi connectivity index (χ4n) is 2.67. The van der Waals surface area contributed by atoms with Crippen LogP contribution in [0.25, 0.3) is 0 Å². The second-order valence-corrected chi connectivity index (χ2v) is 6.20. The molecule has 0 saturated heterocycles. The van der Waals surface area contributed by atoms with Gasteiger partial charge in [-0.3, -0.25) is 9.69 Å². The summed E-state index contributed by atoms with van der Waals surface area (Å²) in [6, 6.07) is 13.8. The highest BCUT2D eigenvalue weighted by atomic mass is 35.5. The predicted molar refractivity (Wildman–Crippen MR) is 94.5 cm³/mol. The number of rotatable bonds is 4. The van der Waals surface area contributed by atoms with Gasteiger partial charge >= 0.3 is 0 Å². The predicted octanol–water partition coefficient (Wildman–Crippen LogP) is 4.25. The van der Waals surface area contributed by atoms with Crippen molar-refractivity contribution < 1.29 is 9.18 Å². The van der Waals surface area contributed by atoms with E-state index in [2.05, 4.69) is 10.2 Å². The Morgan fingerprint density at radius 2 is 1.92 bits per heavy atom. The number of amides is 1. The first-order valence-electron chi connectivity index (χ1n) is 7.83. The van der Waals surface area contributed by atoms with Crippen molar-refractivity contribution in [2.75, 3.05) is 18.4 Å². The van der Waals surface area contributed by atoms with E-state index in [1.807, 2.05) is 12.1 Å². The van der Waals surface area contributed by atoms with Crippen LogP contribution in [0, 0.1) is 5.82 Å². The molecular weight excluding hydrogens is 327 g/mol. The van der Waals surface area contributed by atoms with Crippen LogP contribution in [0.5, 0.6) is 0 Å². The number of halogens is 2. The number of nitrogens with zero attached hydrogens (tertiary/aromatic N) is 1. The van der Waals surface area contributed by atoms with Gasteiger partial charge in [-0.15, -0.1) is 0 Å². The first kappa shape index (κ1) is 16.7. The molecule has 0 fully saturated rings. The molecule has 2 aromatic rings. The molecule has 1 aliphatic rings. The first-order valence-corrected chi connectivity index (χ1v) is 8.21. The van der Waals surface area contributed by atoms with Crippen molar-refractivity contribution in [2.45, 2.75) is 13.0 Å². The summed E-state index contributed by atoms with van der Waals surface area (Å²) in [6.07, 6.45) is 2.56. The number of anilines is 1. The Morgan fingerprint density at radius 3 is 2.58 bits per heavy atom. The molecule has 0 atom stereocenters. The fraction of sp³-hybridized carbons (Fsp3) is 0.211. The molecular formula is C19H18ClFN2O. The molecule has 5 heteroatoms. The van der Waals surface area contributed by atoms with Crippen LogP contribution < -0.4 is 5.32 Å². The summed E-state index contributed by atoms with van der Waals surface area (Å²) in [5.41, 5.74) is 2.16. The van der Waals surface area contributed by atoms with Gasteiger partial charge in [0.15, 0.2) is 0 Å². The maximum atomic E-state index is 13.7. The molecule has 0 radical (unpaired) electrons. The highest BCUT2D eigenvalue weighted by Crippen LogP contribution is 2.18. The molecule has 124 valence electrons. The van der Waals surface area contributed by atoms with Gasteiger partial charge in [-0.2, -0.15) is 0 Å². The summed E-state index contributed by atoms with van der Waals surface area (Å²) in [4.78, 5) is 14.4. The summed E-state index contributed by atoms with van der Waals surface area (Å²) in [5, 5.41) is 3.50. The Balaban J connectivity index is 1.57. The molecule has 0 unspecified atom stereocenters. The number of hydrogen-bond acceptors (Lipinski definition) is 2. The van der Waals surface area contributed by atoms with Crippen LogP contribution in [0.4, 0.5) is 10.1 Å². The molecule has 0 saturated carbocycles. The van der Waals surface area contributed by atoms with E-state index < -0.39 is 0 Å². The van der Waals surface area contributed by atoms with E-state index in [9.17, 15) is 9.18 Å². The van der Waals surface area contributed by atoms with E-state index >= 15 is 0 Å². The highest BCUT2D eigenvalue weighted by molar-refractivity contribution is 6.30. The zero-order valence-corrected chi connectivity index (χ0v) is 13.9. The zero-order valence-electron chi connectivity index (χ0n) is 13.1. The van der Waals surface area contributed by atoms with Gasteiger partial charge in [0.2, 0.25) is 0 Å². The topological polar surface area (TPSA) is 32.3 Å². The van der Waals surface area contributed by atoms with Gasteiger partial charge in [-0.25, -0.2) is 4.39 Å². The molecule has 0 spiro atoms. The number of carbonyl (C=O) groups is 1. The number of benzene rings is 2. The van der Waals surface area contributed by atoms with Gasteiger partial charge < -0.3 is 5.32 Å². The highest BCUT2D eigenvalue weighted by Gasteiger charge is 2.18. The van der Waals surface area contributed by atoms with Crippen molar-refractivity contribution in [3.8, 4) is 0 Å². The van der Waals surface area contributed by atoms with E-state index in [4.69, 9.17) is 11.6 Å². The lowest BCUT2D eigenvalue weighted by Gasteiger charge is -2.26. The van der Waals surface area contributed by atoms with Crippen molar-refractivity contribution in [1.29, 1.82) is 0 Å². The van der Waals surface area contributed by atoms with Gasteiger partial charge in [-0.1, -0.05) is 35.9 Å². The quantitative estimate of drug-likeness (QED) is 0.899. The maximum absolute atomic E-state index is 13.7. The third-order valence-corrected chi connectivity index (χ3v) is 4.29. The molecule has 24 heavy (non-hydrogen) atoms. The second-order valence-electron chi connectivity index (χ2n) is 5.77. The van der Waals surface area contributed by atoms with Gasteiger partial charge in [0, 0.05) is 41.5 Å². The van der Waals surface area contributed by atoms with E-state index in [-0.39, 0.29) is 11.7 Å². The number of carbonyl (C=O) groups excluding carboxylic acids is 1. The van der Waals surface area contributed by atoms with Gasteiger partial charge in [-0.05, 0) is 36.8 Å². The average Bonchev–Trinajstić information content (AvgIpc) is 2.59. The van der Waals surface area contributed by atoms with Crippen LogP contribution in [0.1, 0.15) is 12.0 Å². The van der Waals surface area contributed by atoms with Crippen LogP contribution in [-0.4, -0.2) is 23.9 Å². The van der Waals surface area contributed by atoms with Gasteiger partial charge in [0.25, 0.3) is 5.91 Å². The fourth-order valence-corrected chi connectivity index (χ4v) is 2.80. The third kappa shape index (κ3) is 4.22. The first-order chi connectivity index (χ1) is 11.6. The molecule has 1 amide bonds. The second kappa shape index (κ2) is 7.60. The van der Waals surface area contributed by atoms with Gasteiger partial charge in [0.05, 0.1) is 0 Å². The lowest BCUT2D eigenvalue weighted by Crippen LogP contribution is -2.31. The Kier molecular flexibility index (Phi) is 5.28. The van der Waals surface area contributed by atoms with Crippen LogP contribution in [0.2, 0.25) is 5.02 Å². The summed E-state index contributed by atoms with van der Waals surface area (Å²) in [7, 11) is 0. The molecule has 0 aromatic heterocycles. The lowest BCUT2D eigenvalue weighted by molar-refractivity contribution is -0.113. The third-order valence-electron chi connectivity index (χ3n) is 4.04. The summed E-state index contributed by atoms with van der Waals surface area (Å²) < 4.78 is 13.7. The van der Waals surface area contributed by atoms with E-state index in [0.717, 1.165) is 17.8 Å². The number of nitrogens with one attached hydrogen (secondary N) is 1. The smallest absolute Gasteiger partial charge is 0.251 e. The largest absolute Gasteiger partial charge is 0.322 e. The number of hydrogen-bond donors (Lipinski definition) is 1. The minimum absolute atomic E-state index is 0.0946. The van der Waals surface area contributed by atoms with Crippen molar-refractivity contribution in [3.05, 3.63) is 76.6 Å². The average molecular weight is 345 g/mol. The summed E-state index contributed by atoms with van der Waals surface area (Å²) in [6.45, 7) is 1.92. The minimum atomic E-state index is -0.187. The van der Waals surface area contributed by atoms with E-state index in [1.54, 1.807) is 36.4 Å². The van der Waals surface area contributed by atoms with Crippen molar-refractivity contribution in [1.82, 2.24) is 4.90 Å².